The Labute approximate surface area is 145 Å². The van der Waals surface area contributed by atoms with Crippen LogP contribution >= 0.6 is 0 Å². The van der Waals surface area contributed by atoms with E-state index < -0.39 is 11.9 Å². The molecule has 0 saturated heterocycles. The molecule has 3 N–H and O–H groups in total. The Morgan fingerprint density at radius 3 is 2.04 bits per heavy atom. The highest BCUT2D eigenvalue weighted by Crippen LogP contribution is 2.15. The first-order chi connectivity index (χ1) is 11.9. The maximum atomic E-state index is 12.5. The minimum atomic E-state index is -0.715. The van der Waals surface area contributed by atoms with Gasteiger partial charge in [-0.2, -0.15) is 0 Å². The van der Waals surface area contributed by atoms with E-state index in [1.165, 1.54) is 19.3 Å². The van der Waals surface area contributed by atoms with Gasteiger partial charge in [0.15, 0.2) is 5.76 Å². The molecular weight excluding hydrogens is 322 g/mol. The molecule has 0 spiro atoms. The molecule has 2 rings (SSSR count). The zero-order chi connectivity index (χ0) is 18.4. The van der Waals surface area contributed by atoms with Crippen molar-refractivity contribution in [2.24, 2.45) is 5.92 Å². The zero-order valence-corrected chi connectivity index (χ0v) is 14.3. The van der Waals surface area contributed by atoms with Crippen molar-refractivity contribution in [2.45, 2.75) is 26.8 Å². The molecule has 1 aromatic heterocycles. The van der Waals surface area contributed by atoms with E-state index in [0.29, 0.717) is 11.4 Å². The van der Waals surface area contributed by atoms with E-state index in [1.54, 1.807) is 30.3 Å². The quantitative estimate of drug-likeness (QED) is 0.750. The average Bonchev–Trinajstić information content (AvgIpc) is 3.08. The molecule has 3 amide bonds. The van der Waals surface area contributed by atoms with E-state index in [9.17, 15) is 14.4 Å². The summed E-state index contributed by atoms with van der Waals surface area (Å²) in [6.45, 7) is 5.10. The number of carbonyl (C=O) groups excluding carboxylic acids is 3. The molecule has 0 saturated carbocycles. The average molecular weight is 343 g/mol. The van der Waals surface area contributed by atoms with Gasteiger partial charge in [0.2, 0.25) is 11.8 Å². The summed E-state index contributed by atoms with van der Waals surface area (Å²) in [5, 5.41) is 8.08. The Hall–Kier alpha value is -3.09. The van der Waals surface area contributed by atoms with Crippen molar-refractivity contribution in [1.29, 1.82) is 0 Å². The second kappa shape index (κ2) is 8.14. The Bertz CT molecular complexity index is 736. The number of carbonyl (C=O) groups is 3. The predicted molar refractivity (Wildman–Crippen MR) is 94.2 cm³/mol. The van der Waals surface area contributed by atoms with E-state index in [-0.39, 0.29) is 23.5 Å². The van der Waals surface area contributed by atoms with E-state index in [0.717, 1.165) is 0 Å². The summed E-state index contributed by atoms with van der Waals surface area (Å²) < 4.78 is 5.04. The van der Waals surface area contributed by atoms with Gasteiger partial charge in [-0.25, -0.2) is 0 Å². The molecule has 0 aliphatic rings. The van der Waals surface area contributed by atoms with Crippen molar-refractivity contribution in [3.8, 4) is 0 Å². The standard InChI is InChI=1S/C18H21N3O4/c1-11(2)16(21-17(23)15-5-4-10-25-15)18(24)20-14-8-6-13(7-9-14)19-12(3)22/h4-11,16H,1-3H3,(H,19,22)(H,20,24)(H,21,23). The predicted octanol–water partition coefficient (Wildman–Crippen LogP) is 2.63. The summed E-state index contributed by atoms with van der Waals surface area (Å²) in [4.78, 5) is 35.6. The van der Waals surface area contributed by atoms with Crippen molar-refractivity contribution in [3.63, 3.8) is 0 Å². The zero-order valence-electron chi connectivity index (χ0n) is 14.3. The molecule has 1 aromatic carbocycles. The first-order valence-electron chi connectivity index (χ1n) is 7.89. The number of amides is 3. The van der Waals surface area contributed by atoms with Crippen molar-refractivity contribution < 1.29 is 18.8 Å². The Morgan fingerprint density at radius 2 is 1.56 bits per heavy atom. The highest BCUT2D eigenvalue weighted by molar-refractivity contribution is 6.00. The van der Waals surface area contributed by atoms with Crippen LogP contribution in [0.5, 0.6) is 0 Å². The first kappa shape index (κ1) is 18.3. The van der Waals surface area contributed by atoms with Gasteiger partial charge in [0.1, 0.15) is 6.04 Å². The van der Waals surface area contributed by atoms with Crippen molar-refractivity contribution >= 4 is 29.1 Å². The summed E-state index contributed by atoms with van der Waals surface area (Å²) in [5.41, 5.74) is 1.20. The number of nitrogens with one attached hydrogen (secondary N) is 3. The van der Waals surface area contributed by atoms with Crippen molar-refractivity contribution in [3.05, 3.63) is 48.4 Å². The molecule has 7 nitrogen and oxygen atoms in total. The summed E-state index contributed by atoms with van der Waals surface area (Å²) in [5.74, 6) is -0.907. The molecular formula is C18H21N3O4. The first-order valence-corrected chi connectivity index (χ1v) is 7.89. The fraction of sp³-hybridized carbons (Fsp3) is 0.278. The van der Waals surface area contributed by atoms with Crippen LogP contribution in [0.25, 0.3) is 0 Å². The third-order valence-corrected chi connectivity index (χ3v) is 3.45. The third kappa shape index (κ3) is 5.20. The third-order valence-electron chi connectivity index (χ3n) is 3.45. The second-order valence-corrected chi connectivity index (χ2v) is 5.92. The van der Waals surface area contributed by atoms with Crippen LogP contribution in [0, 0.1) is 5.92 Å². The normalized spacial score (nSPS) is 11.7. The number of anilines is 2. The van der Waals surface area contributed by atoms with E-state index in [2.05, 4.69) is 16.0 Å². The fourth-order valence-corrected chi connectivity index (χ4v) is 2.22. The lowest BCUT2D eigenvalue weighted by molar-refractivity contribution is -0.119. The Balaban J connectivity index is 2.02. The molecule has 0 aliphatic heterocycles. The monoisotopic (exact) mass is 343 g/mol. The minimum absolute atomic E-state index is 0.113. The van der Waals surface area contributed by atoms with Crippen LogP contribution in [0.1, 0.15) is 31.3 Å². The highest BCUT2D eigenvalue weighted by atomic mass is 16.3. The second-order valence-electron chi connectivity index (χ2n) is 5.92. The van der Waals surface area contributed by atoms with E-state index >= 15 is 0 Å². The SMILES string of the molecule is CC(=O)Nc1ccc(NC(=O)C(NC(=O)c2ccco2)C(C)C)cc1. The van der Waals surface area contributed by atoms with Gasteiger partial charge in [-0.1, -0.05) is 13.8 Å². The van der Waals surface area contributed by atoms with Gasteiger partial charge in [-0.15, -0.1) is 0 Å². The van der Waals surface area contributed by atoms with Gasteiger partial charge < -0.3 is 20.4 Å². The number of furan rings is 1. The van der Waals surface area contributed by atoms with Crippen LogP contribution in [-0.4, -0.2) is 23.8 Å². The molecule has 1 atom stereocenters. The molecule has 1 unspecified atom stereocenters. The molecule has 2 aromatic rings. The minimum Gasteiger partial charge on any atom is -0.459 e. The molecule has 0 radical (unpaired) electrons. The highest BCUT2D eigenvalue weighted by Gasteiger charge is 2.25. The smallest absolute Gasteiger partial charge is 0.287 e. The van der Waals surface area contributed by atoms with Gasteiger partial charge in [-0.3, -0.25) is 14.4 Å². The number of hydrogen-bond acceptors (Lipinski definition) is 4. The van der Waals surface area contributed by atoms with Gasteiger partial charge >= 0.3 is 0 Å². The number of hydrogen-bond donors (Lipinski definition) is 3. The summed E-state index contributed by atoms with van der Waals surface area (Å²) in [6, 6.07) is 9.14. The summed E-state index contributed by atoms with van der Waals surface area (Å²) in [7, 11) is 0. The molecule has 0 bridgehead atoms. The van der Waals surface area contributed by atoms with Gasteiger partial charge in [0, 0.05) is 18.3 Å². The largest absolute Gasteiger partial charge is 0.459 e. The van der Waals surface area contributed by atoms with Crippen LogP contribution < -0.4 is 16.0 Å². The molecule has 7 heteroatoms. The topological polar surface area (TPSA) is 100 Å². The van der Waals surface area contributed by atoms with Crippen molar-refractivity contribution in [1.82, 2.24) is 5.32 Å². The maximum Gasteiger partial charge on any atom is 0.287 e. The fourth-order valence-electron chi connectivity index (χ4n) is 2.22. The van der Waals surface area contributed by atoms with Crippen LogP contribution in [-0.2, 0) is 9.59 Å². The summed E-state index contributed by atoms with van der Waals surface area (Å²) in [6.07, 6.45) is 1.40. The lowest BCUT2D eigenvalue weighted by atomic mass is 10.0. The van der Waals surface area contributed by atoms with E-state index in [4.69, 9.17) is 4.42 Å². The summed E-state index contributed by atoms with van der Waals surface area (Å²) >= 11 is 0. The Kier molecular flexibility index (Phi) is 5.94. The van der Waals surface area contributed by atoms with E-state index in [1.807, 2.05) is 13.8 Å². The lowest BCUT2D eigenvalue weighted by Crippen LogP contribution is -2.47. The van der Waals surface area contributed by atoms with Gasteiger partial charge in [0.05, 0.1) is 6.26 Å². The molecule has 25 heavy (non-hydrogen) atoms. The molecule has 0 aliphatic carbocycles. The number of rotatable bonds is 6. The van der Waals surface area contributed by atoms with Gasteiger partial charge in [-0.05, 0) is 42.3 Å². The Morgan fingerprint density at radius 1 is 0.960 bits per heavy atom. The maximum absolute atomic E-state index is 12.5. The lowest BCUT2D eigenvalue weighted by Gasteiger charge is -2.21. The molecule has 1 heterocycles. The van der Waals surface area contributed by atoms with Crippen LogP contribution in [0.2, 0.25) is 0 Å². The van der Waals surface area contributed by atoms with Crippen LogP contribution in [0.15, 0.2) is 47.1 Å². The molecule has 0 fully saturated rings. The van der Waals surface area contributed by atoms with Gasteiger partial charge in [0.25, 0.3) is 5.91 Å². The van der Waals surface area contributed by atoms with Crippen molar-refractivity contribution in [2.75, 3.05) is 10.6 Å². The van der Waals surface area contributed by atoms with Crippen LogP contribution in [0.4, 0.5) is 11.4 Å². The van der Waals surface area contributed by atoms with Crippen LogP contribution in [0.3, 0.4) is 0 Å². The molecule has 132 valence electrons. The number of benzene rings is 1.